The number of allylic oxidation sites excluding steroid dienone is 1. The summed E-state index contributed by atoms with van der Waals surface area (Å²) in [6, 6.07) is 4.88. The number of anilines is 1. The summed E-state index contributed by atoms with van der Waals surface area (Å²) in [5.74, 6) is 0.713. The van der Waals surface area contributed by atoms with Crippen molar-refractivity contribution in [3.63, 3.8) is 0 Å². The number of hydrogen-bond acceptors (Lipinski definition) is 6. The van der Waals surface area contributed by atoms with Gasteiger partial charge in [0.05, 0.1) is 24.3 Å². The van der Waals surface area contributed by atoms with Crippen LogP contribution in [-0.4, -0.2) is 34.5 Å². The molecule has 0 aliphatic carbocycles. The van der Waals surface area contributed by atoms with Gasteiger partial charge in [-0.05, 0) is 31.5 Å². The zero-order chi connectivity index (χ0) is 17.3. The summed E-state index contributed by atoms with van der Waals surface area (Å²) >= 11 is 6.26. The fourth-order valence-electron chi connectivity index (χ4n) is 2.73. The quantitative estimate of drug-likeness (QED) is 0.856. The van der Waals surface area contributed by atoms with E-state index in [9.17, 15) is 4.79 Å². The number of carbonyl (C=O) groups excluding carboxylic acids is 1. The summed E-state index contributed by atoms with van der Waals surface area (Å²) in [6.45, 7) is 3.86. The predicted octanol–water partition coefficient (Wildman–Crippen LogP) is 2.79. The van der Waals surface area contributed by atoms with Crippen LogP contribution in [0, 0.1) is 0 Å². The number of methoxy groups -OCH3 is 1. The molecule has 0 unspecified atom stereocenters. The number of halogens is 1. The van der Waals surface area contributed by atoms with Crippen LogP contribution < -0.4 is 10.1 Å². The van der Waals surface area contributed by atoms with E-state index in [0.29, 0.717) is 28.0 Å². The second-order valence-corrected chi connectivity index (χ2v) is 5.62. The zero-order valence-corrected chi connectivity index (χ0v) is 14.3. The first-order valence-corrected chi connectivity index (χ1v) is 7.82. The van der Waals surface area contributed by atoms with Crippen molar-refractivity contribution in [2.75, 3.05) is 19.0 Å². The molecule has 1 aliphatic rings. The lowest BCUT2D eigenvalue weighted by atomic mass is 9.95. The van der Waals surface area contributed by atoms with Crippen molar-refractivity contribution < 1.29 is 14.3 Å². The highest BCUT2D eigenvalue weighted by Crippen LogP contribution is 2.37. The number of hydrogen-bond donors (Lipinski definition) is 1. The van der Waals surface area contributed by atoms with Gasteiger partial charge in [-0.15, -0.1) is 0 Å². The Labute approximate surface area is 144 Å². The molecular formula is C16H17ClN4O3. The second-order valence-electron chi connectivity index (χ2n) is 5.21. The topological polar surface area (TPSA) is 78.3 Å². The van der Waals surface area contributed by atoms with E-state index < -0.39 is 12.0 Å². The molecule has 1 aromatic heterocycles. The number of esters is 1. The van der Waals surface area contributed by atoms with E-state index in [4.69, 9.17) is 21.1 Å². The van der Waals surface area contributed by atoms with E-state index >= 15 is 0 Å². The number of nitrogens with one attached hydrogen (secondary N) is 1. The average molecular weight is 349 g/mol. The molecule has 0 amide bonds. The fraction of sp³-hybridized carbons (Fsp3) is 0.312. The maximum Gasteiger partial charge on any atom is 0.338 e. The highest BCUT2D eigenvalue weighted by atomic mass is 35.5. The van der Waals surface area contributed by atoms with Crippen LogP contribution in [-0.2, 0) is 9.53 Å². The van der Waals surface area contributed by atoms with Crippen molar-refractivity contribution in [2.24, 2.45) is 0 Å². The third-order valence-electron chi connectivity index (χ3n) is 3.78. The molecule has 1 aliphatic heterocycles. The van der Waals surface area contributed by atoms with Crippen LogP contribution in [0.3, 0.4) is 0 Å². The molecule has 0 saturated carbocycles. The number of fused-ring (bicyclic) bond motifs is 1. The first-order valence-electron chi connectivity index (χ1n) is 7.44. The van der Waals surface area contributed by atoms with E-state index in [2.05, 4.69) is 15.4 Å². The molecule has 1 N–H and O–H groups in total. The maximum absolute atomic E-state index is 12.5. The molecule has 0 fully saturated rings. The number of rotatable bonds is 4. The molecule has 2 aromatic rings. The van der Waals surface area contributed by atoms with E-state index in [-0.39, 0.29) is 6.61 Å². The number of aromatic nitrogens is 3. The van der Waals surface area contributed by atoms with Crippen molar-refractivity contribution in [1.82, 2.24) is 14.8 Å². The molecule has 1 atom stereocenters. The minimum Gasteiger partial charge on any atom is -0.495 e. The van der Waals surface area contributed by atoms with E-state index in [1.165, 1.54) is 6.33 Å². The van der Waals surface area contributed by atoms with Gasteiger partial charge >= 0.3 is 5.97 Å². The summed E-state index contributed by atoms with van der Waals surface area (Å²) in [5, 5.41) is 7.77. The van der Waals surface area contributed by atoms with Gasteiger partial charge < -0.3 is 14.8 Å². The lowest BCUT2D eigenvalue weighted by Gasteiger charge is -2.28. The third-order valence-corrected chi connectivity index (χ3v) is 4.08. The molecule has 24 heavy (non-hydrogen) atoms. The summed E-state index contributed by atoms with van der Waals surface area (Å²) in [6.07, 6.45) is 1.43. The molecule has 0 spiro atoms. The van der Waals surface area contributed by atoms with Crippen LogP contribution in [0.15, 0.2) is 35.8 Å². The van der Waals surface area contributed by atoms with Crippen LogP contribution in [0.1, 0.15) is 25.5 Å². The smallest absolute Gasteiger partial charge is 0.338 e. The van der Waals surface area contributed by atoms with Gasteiger partial charge in [-0.3, -0.25) is 0 Å². The number of carbonyl (C=O) groups is 1. The molecule has 3 rings (SSSR count). The summed E-state index contributed by atoms with van der Waals surface area (Å²) in [4.78, 5) is 16.7. The largest absolute Gasteiger partial charge is 0.495 e. The van der Waals surface area contributed by atoms with E-state index in [0.717, 1.165) is 5.56 Å². The molecule has 126 valence electrons. The van der Waals surface area contributed by atoms with Gasteiger partial charge in [0, 0.05) is 5.70 Å². The Kier molecular flexibility index (Phi) is 4.44. The monoisotopic (exact) mass is 348 g/mol. The standard InChI is InChI=1S/C16H17ClN4O3/c1-4-24-15(22)13-9(2)20-16-18-8-19-21(16)14(13)10-5-6-12(23-3)11(17)7-10/h5-8,14H,4H2,1-3H3,(H,18,19,20)/t14-/m1/s1. The van der Waals surface area contributed by atoms with Gasteiger partial charge in [0.25, 0.3) is 0 Å². The second kappa shape index (κ2) is 6.52. The van der Waals surface area contributed by atoms with Crippen LogP contribution in [0.5, 0.6) is 5.75 Å². The lowest BCUT2D eigenvalue weighted by Crippen LogP contribution is -2.29. The van der Waals surface area contributed by atoms with Gasteiger partial charge in [0.1, 0.15) is 18.1 Å². The van der Waals surface area contributed by atoms with Crippen molar-refractivity contribution in [2.45, 2.75) is 19.9 Å². The normalized spacial score (nSPS) is 16.4. The SMILES string of the molecule is CCOC(=O)C1=C(C)Nc2ncnn2[C@@H]1c1ccc(OC)c(Cl)c1. The van der Waals surface area contributed by atoms with Crippen molar-refractivity contribution in [1.29, 1.82) is 0 Å². The minimum atomic E-state index is -0.480. The third kappa shape index (κ3) is 2.71. The lowest BCUT2D eigenvalue weighted by molar-refractivity contribution is -0.139. The van der Waals surface area contributed by atoms with Crippen LogP contribution in [0.2, 0.25) is 5.02 Å². The summed E-state index contributed by atoms with van der Waals surface area (Å²) < 4.78 is 12.0. The Morgan fingerprint density at radius 3 is 2.92 bits per heavy atom. The zero-order valence-electron chi connectivity index (χ0n) is 13.5. The van der Waals surface area contributed by atoms with Crippen molar-refractivity contribution in [3.8, 4) is 5.75 Å². The molecule has 2 heterocycles. The molecule has 1 aromatic carbocycles. The highest BCUT2D eigenvalue weighted by molar-refractivity contribution is 6.32. The number of ether oxygens (including phenoxy) is 2. The highest BCUT2D eigenvalue weighted by Gasteiger charge is 2.34. The van der Waals surface area contributed by atoms with Crippen LogP contribution in [0.25, 0.3) is 0 Å². The number of benzene rings is 1. The molecule has 0 bridgehead atoms. The summed E-state index contributed by atoms with van der Waals surface area (Å²) in [7, 11) is 1.55. The Morgan fingerprint density at radius 1 is 1.46 bits per heavy atom. The van der Waals surface area contributed by atoms with Gasteiger partial charge in [-0.1, -0.05) is 17.7 Å². The van der Waals surface area contributed by atoms with E-state index in [1.807, 2.05) is 13.0 Å². The van der Waals surface area contributed by atoms with Gasteiger partial charge in [-0.25, -0.2) is 9.48 Å². The Hall–Kier alpha value is -2.54. The molecule has 7 nitrogen and oxygen atoms in total. The van der Waals surface area contributed by atoms with E-state index in [1.54, 1.807) is 30.8 Å². The minimum absolute atomic E-state index is 0.288. The molecule has 8 heteroatoms. The fourth-order valence-corrected chi connectivity index (χ4v) is 2.99. The first kappa shape index (κ1) is 16.3. The first-order chi connectivity index (χ1) is 11.6. The van der Waals surface area contributed by atoms with Crippen LogP contribution >= 0.6 is 11.6 Å². The number of nitrogens with zero attached hydrogens (tertiary/aromatic N) is 3. The Morgan fingerprint density at radius 2 is 2.25 bits per heavy atom. The predicted molar refractivity (Wildman–Crippen MR) is 89.1 cm³/mol. The molecular weight excluding hydrogens is 332 g/mol. The Balaban J connectivity index is 2.14. The summed E-state index contributed by atoms with van der Waals surface area (Å²) in [5.41, 5.74) is 1.93. The van der Waals surface area contributed by atoms with Gasteiger partial charge in [-0.2, -0.15) is 10.1 Å². The van der Waals surface area contributed by atoms with Gasteiger partial charge in [0.15, 0.2) is 0 Å². The van der Waals surface area contributed by atoms with Crippen LogP contribution in [0.4, 0.5) is 5.95 Å². The molecule has 0 saturated heterocycles. The van der Waals surface area contributed by atoms with Crippen molar-refractivity contribution >= 4 is 23.5 Å². The Bertz CT molecular complexity index is 815. The maximum atomic E-state index is 12.5. The van der Waals surface area contributed by atoms with Crippen molar-refractivity contribution in [3.05, 3.63) is 46.4 Å². The van der Waals surface area contributed by atoms with Gasteiger partial charge in [0.2, 0.25) is 5.95 Å². The molecule has 0 radical (unpaired) electrons. The average Bonchev–Trinajstić information content (AvgIpc) is 3.01.